The third kappa shape index (κ3) is 3.77. The van der Waals surface area contributed by atoms with Crippen LogP contribution in [0.3, 0.4) is 0 Å². The van der Waals surface area contributed by atoms with Crippen LogP contribution < -0.4 is 10.2 Å². The second-order valence-corrected chi connectivity index (χ2v) is 8.92. The summed E-state index contributed by atoms with van der Waals surface area (Å²) in [4.78, 5) is 6.85. The molecular weight excluding hydrogens is 468 g/mol. The molecule has 6 heteroatoms. The number of benzene rings is 2. The molecule has 2 atom stereocenters. The van der Waals surface area contributed by atoms with Crippen LogP contribution in [0.2, 0.25) is 0 Å². The molecule has 1 fully saturated rings. The van der Waals surface area contributed by atoms with Gasteiger partial charge in [-0.15, -0.1) is 0 Å². The van der Waals surface area contributed by atoms with Gasteiger partial charge in [-0.3, -0.25) is 4.98 Å². The van der Waals surface area contributed by atoms with Crippen molar-refractivity contribution in [3.8, 4) is 5.69 Å². The van der Waals surface area contributed by atoms with E-state index < -0.39 is 0 Å². The van der Waals surface area contributed by atoms with Crippen molar-refractivity contribution in [2.75, 3.05) is 4.90 Å². The van der Waals surface area contributed by atoms with E-state index in [0.29, 0.717) is 5.11 Å². The summed E-state index contributed by atoms with van der Waals surface area (Å²) in [5.74, 6) is 0. The number of rotatable bonds is 4. The van der Waals surface area contributed by atoms with E-state index in [9.17, 15) is 0 Å². The van der Waals surface area contributed by atoms with Gasteiger partial charge < -0.3 is 14.8 Å². The first-order valence-corrected chi connectivity index (χ1v) is 11.3. The normalized spacial score (nSPS) is 18.3. The molecule has 0 bridgehead atoms. The summed E-state index contributed by atoms with van der Waals surface area (Å²) < 4.78 is 3.28. The van der Waals surface area contributed by atoms with Gasteiger partial charge in [-0.05, 0) is 85.4 Å². The van der Waals surface area contributed by atoms with Gasteiger partial charge in [0.25, 0.3) is 0 Å². The molecule has 1 aliphatic heterocycles. The van der Waals surface area contributed by atoms with Crippen molar-refractivity contribution in [2.45, 2.75) is 19.0 Å². The Labute approximate surface area is 195 Å². The van der Waals surface area contributed by atoms with Crippen molar-refractivity contribution in [3.63, 3.8) is 0 Å². The standard InChI is InChI=1S/C25H21BrN4S/c1-17-6-4-7-20(16-17)29-15-5-9-22(29)24-23(21-8-2-3-14-27-21)28-25(31)30(24)19-12-10-18(26)11-13-19/h2-16,23-24H,1H3,(H,28,31)/t23-,24-/m0/s1. The van der Waals surface area contributed by atoms with Crippen LogP contribution >= 0.6 is 28.1 Å². The summed E-state index contributed by atoms with van der Waals surface area (Å²) in [5, 5.41) is 4.23. The van der Waals surface area contributed by atoms with Crippen LogP contribution in [0.25, 0.3) is 5.69 Å². The molecule has 3 heterocycles. The molecule has 0 amide bonds. The minimum atomic E-state index is -0.0733. The molecule has 4 nitrogen and oxygen atoms in total. The number of anilines is 1. The highest BCUT2D eigenvalue weighted by atomic mass is 79.9. The zero-order valence-electron chi connectivity index (χ0n) is 16.9. The van der Waals surface area contributed by atoms with E-state index in [4.69, 9.17) is 12.2 Å². The molecule has 154 valence electrons. The Morgan fingerprint density at radius 3 is 2.52 bits per heavy atom. The van der Waals surface area contributed by atoms with Gasteiger partial charge in [0.2, 0.25) is 0 Å². The van der Waals surface area contributed by atoms with Crippen molar-refractivity contribution in [2.24, 2.45) is 0 Å². The summed E-state index contributed by atoms with van der Waals surface area (Å²) >= 11 is 9.37. The molecule has 1 aliphatic rings. The Morgan fingerprint density at radius 1 is 0.935 bits per heavy atom. The minimum absolute atomic E-state index is 0.0564. The molecule has 0 radical (unpaired) electrons. The number of nitrogens with one attached hydrogen (secondary N) is 1. The van der Waals surface area contributed by atoms with Crippen LogP contribution in [0.15, 0.2) is 95.7 Å². The van der Waals surface area contributed by atoms with E-state index >= 15 is 0 Å². The minimum Gasteiger partial charge on any atom is -0.351 e. The summed E-state index contributed by atoms with van der Waals surface area (Å²) in [6.45, 7) is 2.11. The summed E-state index contributed by atoms with van der Waals surface area (Å²) in [7, 11) is 0. The molecule has 0 spiro atoms. The van der Waals surface area contributed by atoms with Crippen LogP contribution in [0.5, 0.6) is 0 Å². The first kappa shape index (κ1) is 20.0. The van der Waals surface area contributed by atoms with E-state index in [1.807, 2.05) is 30.5 Å². The zero-order valence-corrected chi connectivity index (χ0v) is 19.3. The summed E-state index contributed by atoms with van der Waals surface area (Å²) in [6, 6.07) is 27.0. The topological polar surface area (TPSA) is 33.1 Å². The lowest BCUT2D eigenvalue weighted by Crippen LogP contribution is -2.30. The van der Waals surface area contributed by atoms with Crippen molar-refractivity contribution in [1.29, 1.82) is 0 Å². The Kier molecular flexibility index (Phi) is 5.34. The fourth-order valence-electron chi connectivity index (χ4n) is 4.18. The van der Waals surface area contributed by atoms with Gasteiger partial charge in [-0.1, -0.05) is 34.1 Å². The summed E-state index contributed by atoms with van der Waals surface area (Å²) in [6.07, 6.45) is 3.94. The number of nitrogens with zero attached hydrogens (tertiary/aromatic N) is 3. The third-order valence-corrected chi connectivity index (χ3v) is 6.41. The first-order valence-electron chi connectivity index (χ1n) is 10.1. The van der Waals surface area contributed by atoms with E-state index in [2.05, 4.69) is 103 Å². The lowest BCUT2D eigenvalue weighted by Gasteiger charge is -2.29. The van der Waals surface area contributed by atoms with E-state index in [1.165, 1.54) is 5.56 Å². The predicted octanol–water partition coefficient (Wildman–Crippen LogP) is 6.12. The Bertz CT molecular complexity index is 1220. The smallest absolute Gasteiger partial charge is 0.174 e. The molecule has 1 N–H and O–H groups in total. The van der Waals surface area contributed by atoms with Crippen molar-refractivity contribution >= 4 is 38.9 Å². The van der Waals surface area contributed by atoms with Gasteiger partial charge in [0.1, 0.15) is 6.04 Å². The number of aryl methyl sites for hydroxylation is 1. The Morgan fingerprint density at radius 2 is 1.77 bits per heavy atom. The molecule has 0 unspecified atom stereocenters. The average Bonchev–Trinajstić information content (AvgIpc) is 3.39. The molecule has 31 heavy (non-hydrogen) atoms. The highest BCUT2D eigenvalue weighted by Crippen LogP contribution is 2.42. The van der Waals surface area contributed by atoms with Crippen LogP contribution in [-0.2, 0) is 0 Å². The fraction of sp³-hybridized carbons (Fsp3) is 0.120. The maximum Gasteiger partial charge on any atom is 0.174 e. The van der Waals surface area contributed by atoms with Crippen LogP contribution in [0, 0.1) is 6.92 Å². The van der Waals surface area contributed by atoms with Gasteiger partial charge in [-0.2, -0.15) is 0 Å². The number of hydrogen-bond donors (Lipinski definition) is 1. The van der Waals surface area contributed by atoms with Gasteiger partial charge in [-0.25, -0.2) is 0 Å². The van der Waals surface area contributed by atoms with E-state index in [-0.39, 0.29) is 12.1 Å². The van der Waals surface area contributed by atoms with Crippen molar-refractivity contribution in [1.82, 2.24) is 14.9 Å². The van der Waals surface area contributed by atoms with Crippen LogP contribution in [0.4, 0.5) is 5.69 Å². The highest BCUT2D eigenvalue weighted by Gasteiger charge is 2.42. The van der Waals surface area contributed by atoms with Crippen LogP contribution in [0.1, 0.15) is 29.0 Å². The van der Waals surface area contributed by atoms with E-state index in [1.54, 1.807) is 0 Å². The molecule has 0 saturated carbocycles. The quantitative estimate of drug-likeness (QED) is 0.350. The van der Waals surface area contributed by atoms with E-state index in [0.717, 1.165) is 27.2 Å². The molecular formula is C25H21BrN4S. The predicted molar refractivity (Wildman–Crippen MR) is 133 cm³/mol. The van der Waals surface area contributed by atoms with Crippen molar-refractivity contribution in [3.05, 3.63) is 113 Å². The number of hydrogen-bond acceptors (Lipinski definition) is 2. The lowest BCUT2D eigenvalue weighted by molar-refractivity contribution is 0.549. The van der Waals surface area contributed by atoms with Gasteiger partial charge in [0.15, 0.2) is 5.11 Å². The third-order valence-electron chi connectivity index (χ3n) is 5.57. The second-order valence-electron chi connectivity index (χ2n) is 7.62. The maximum atomic E-state index is 5.83. The SMILES string of the molecule is Cc1cccc(-n2cccc2[C@H]2[C@H](c3ccccn3)NC(=S)N2c2ccc(Br)cc2)c1. The number of pyridine rings is 1. The summed E-state index contributed by atoms with van der Waals surface area (Å²) in [5.41, 5.74) is 5.51. The molecule has 0 aliphatic carbocycles. The average molecular weight is 489 g/mol. The molecule has 5 rings (SSSR count). The van der Waals surface area contributed by atoms with Gasteiger partial charge in [0, 0.05) is 33.9 Å². The number of aromatic nitrogens is 2. The fourth-order valence-corrected chi connectivity index (χ4v) is 4.79. The Balaban J connectivity index is 1.67. The lowest BCUT2D eigenvalue weighted by atomic mass is 10.0. The maximum absolute atomic E-state index is 5.83. The number of halogens is 1. The number of thiocarbonyl (C=S) groups is 1. The van der Waals surface area contributed by atoms with Crippen molar-refractivity contribution < 1.29 is 0 Å². The monoisotopic (exact) mass is 488 g/mol. The first-order chi connectivity index (χ1) is 15.1. The molecule has 1 saturated heterocycles. The van der Waals surface area contributed by atoms with Gasteiger partial charge >= 0.3 is 0 Å². The second kappa shape index (κ2) is 8.29. The molecule has 4 aromatic rings. The molecule has 2 aromatic heterocycles. The largest absolute Gasteiger partial charge is 0.351 e. The zero-order chi connectivity index (χ0) is 21.4. The Hall–Kier alpha value is -2.96. The van der Waals surface area contributed by atoms with Gasteiger partial charge in [0.05, 0.1) is 11.7 Å². The van der Waals surface area contributed by atoms with Crippen LogP contribution in [-0.4, -0.2) is 14.7 Å². The molecule has 2 aromatic carbocycles. The highest BCUT2D eigenvalue weighted by molar-refractivity contribution is 9.10.